The van der Waals surface area contributed by atoms with Gasteiger partial charge in [0.15, 0.2) is 0 Å². The number of carbonyl (C=O) groups excluding carboxylic acids is 1. The number of hydrogen-bond donors (Lipinski definition) is 4. The molecule has 8 heteroatoms. The van der Waals surface area contributed by atoms with Gasteiger partial charge in [-0.15, -0.1) is 6.58 Å². The molecule has 0 fully saturated rings. The third kappa shape index (κ3) is 9.24. The molecule has 0 bridgehead atoms. The number of aliphatic carboxylic acids is 2. The van der Waals surface area contributed by atoms with Crippen LogP contribution in [-0.4, -0.2) is 41.1 Å². The summed E-state index contributed by atoms with van der Waals surface area (Å²) in [6.07, 6.45) is 1.73. The van der Waals surface area contributed by atoms with Gasteiger partial charge in [0.1, 0.15) is 0 Å². The Morgan fingerprint density at radius 3 is 2.15 bits per heavy atom. The van der Waals surface area contributed by atoms with E-state index in [4.69, 9.17) is 19.8 Å². The van der Waals surface area contributed by atoms with Gasteiger partial charge in [-0.05, 0) is 24.3 Å². The second kappa shape index (κ2) is 12.3. The van der Waals surface area contributed by atoms with Gasteiger partial charge in [-0.3, -0.25) is 4.79 Å². The minimum absolute atomic E-state index is 0.0574. The van der Waals surface area contributed by atoms with Crippen LogP contribution in [0.25, 0.3) is 0 Å². The molecule has 27 heavy (non-hydrogen) atoms. The molecule has 2 aromatic carbocycles. The Kier molecular flexibility index (Phi) is 9.98. The molecule has 1 amide bonds. The predicted molar refractivity (Wildman–Crippen MR) is 104 cm³/mol. The van der Waals surface area contributed by atoms with Crippen molar-refractivity contribution >= 4 is 35.3 Å². The van der Waals surface area contributed by atoms with Crippen LogP contribution in [0.2, 0.25) is 0 Å². The van der Waals surface area contributed by atoms with Crippen LogP contribution in [0, 0.1) is 0 Å². The number of benzene rings is 2. The largest absolute Gasteiger partial charge is 0.473 e. The molecule has 0 spiro atoms. The number of carboxylic acids is 2. The summed E-state index contributed by atoms with van der Waals surface area (Å²) < 4.78 is 0. The fraction of sp³-hybridized carbons (Fsp3) is 0.105. The lowest BCUT2D eigenvalue weighted by Crippen LogP contribution is -2.28. The summed E-state index contributed by atoms with van der Waals surface area (Å²) >= 11 is 1.63. The monoisotopic (exact) mass is 388 g/mol. The fourth-order valence-electron chi connectivity index (χ4n) is 1.76. The number of hydrogen-bond acceptors (Lipinski definition) is 5. The molecule has 0 radical (unpaired) electrons. The zero-order valence-electron chi connectivity index (χ0n) is 14.4. The van der Waals surface area contributed by atoms with Crippen molar-refractivity contribution in [1.29, 1.82) is 0 Å². The number of rotatable bonds is 7. The highest BCUT2D eigenvalue weighted by Gasteiger charge is 2.07. The van der Waals surface area contributed by atoms with Crippen LogP contribution in [0.1, 0.15) is 0 Å². The summed E-state index contributed by atoms with van der Waals surface area (Å²) in [4.78, 5) is 32.2. The fourth-order valence-corrected chi connectivity index (χ4v) is 2.68. The summed E-state index contributed by atoms with van der Waals surface area (Å²) in [6, 6.07) is 17.9. The lowest BCUT2D eigenvalue weighted by atomic mass is 10.3. The average Bonchev–Trinajstić information content (AvgIpc) is 2.65. The minimum Gasteiger partial charge on any atom is -0.473 e. The van der Waals surface area contributed by atoms with Gasteiger partial charge < -0.3 is 20.8 Å². The van der Waals surface area contributed by atoms with Crippen molar-refractivity contribution in [3.8, 4) is 0 Å². The normalized spacial score (nSPS) is 9.48. The van der Waals surface area contributed by atoms with E-state index in [9.17, 15) is 4.79 Å². The zero-order chi connectivity index (χ0) is 20.1. The van der Waals surface area contributed by atoms with E-state index in [1.807, 2.05) is 42.5 Å². The standard InChI is InChI=1S/C17H18N2OS.C2H2O4/c1-2-12-18-13-17(20)19-15-10-6-7-11-16(15)21-14-8-4-3-5-9-14;3-1(4)2(5)6/h2-11,18H,1,12-13H2,(H,19,20);(H,3,4)(H,5,6). The van der Waals surface area contributed by atoms with Crippen LogP contribution in [0.4, 0.5) is 5.69 Å². The van der Waals surface area contributed by atoms with E-state index in [1.165, 1.54) is 0 Å². The van der Waals surface area contributed by atoms with Gasteiger partial charge in [0.2, 0.25) is 5.91 Å². The van der Waals surface area contributed by atoms with Crippen molar-refractivity contribution in [1.82, 2.24) is 5.32 Å². The van der Waals surface area contributed by atoms with Crippen molar-refractivity contribution in [2.24, 2.45) is 0 Å². The van der Waals surface area contributed by atoms with Gasteiger partial charge in [-0.2, -0.15) is 0 Å². The smallest absolute Gasteiger partial charge is 0.414 e. The van der Waals surface area contributed by atoms with Crippen molar-refractivity contribution < 1.29 is 24.6 Å². The second-order valence-corrected chi connectivity index (χ2v) is 6.10. The number of nitrogens with one attached hydrogen (secondary N) is 2. The van der Waals surface area contributed by atoms with E-state index in [0.29, 0.717) is 6.54 Å². The molecule has 7 nitrogen and oxygen atoms in total. The van der Waals surface area contributed by atoms with Crippen LogP contribution < -0.4 is 10.6 Å². The molecule has 0 aliphatic heterocycles. The van der Waals surface area contributed by atoms with Gasteiger partial charge >= 0.3 is 11.9 Å². The van der Waals surface area contributed by atoms with Crippen LogP contribution in [-0.2, 0) is 14.4 Å². The maximum atomic E-state index is 11.9. The SMILES string of the molecule is C=CCNCC(=O)Nc1ccccc1Sc1ccccc1.O=C(O)C(=O)O. The molecule has 2 aromatic rings. The topological polar surface area (TPSA) is 116 Å². The van der Waals surface area contributed by atoms with Crippen molar-refractivity contribution in [3.05, 3.63) is 67.3 Å². The molecule has 0 saturated heterocycles. The summed E-state index contributed by atoms with van der Waals surface area (Å²) in [6.45, 7) is 4.50. The van der Waals surface area contributed by atoms with E-state index >= 15 is 0 Å². The first-order valence-corrected chi connectivity index (χ1v) is 8.65. The summed E-state index contributed by atoms with van der Waals surface area (Å²) in [5.74, 6) is -3.71. The third-order valence-corrected chi connectivity index (χ3v) is 3.97. The zero-order valence-corrected chi connectivity index (χ0v) is 15.2. The van der Waals surface area contributed by atoms with E-state index in [0.717, 1.165) is 15.5 Å². The lowest BCUT2D eigenvalue weighted by molar-refractivity contribution is -0.159. The first-order valence-electron chi connectivity index (χ1n) is 7.83. The summed E-state index contributed by atoms with van der Waals surface area (Å²) in [5.41, 5.74) is 0.830. The molecule has 2 rings (SSSR count). The van der Waals surface area contributed by atoms with Crippen molar-refractivity contribution in [3.63, 3.8) is 0 Å². The molecule has 0 aliphatic carbocycles. The Bertz CT molecular complexity index is 769. The highest BCUT2D eigenvalue weighted by Crippen LogP contribution is 2.32. The number of carboxylic acid groups (broad SMARTS) is 2. The number of anilines is 1. The Hall–Kier alpha value is -3.10. The number of carbonyl (C=O) groups is 3. The maximum Gasteiger partial charge on any atom is 0.414 e. The van der Waals surface area contributed by atoms with E-state index in [2.05, 4.69) is 29.3 Å². The average molecular weight is 388 g/mol. The highest BCUT2D eigenvalue weighted by atomic mass is 32.2. The number of amides is 1. The molecule has 0 aromatic heterocycles. The summed E-state index contributed by atoms with van der Waals surface area (Å²) in [7, 11) is 0. The summed E-state index contributed by atoms with van der Waals surface area (Å²) in [5, 5.41) is 20.7. The van der Waals surface area contributed by atoms with E-state index in [-0.39, 0.29) is 12.5 Å². The highest BCUT2D eigenvalue weighted by molar-refractivity contribution is 7.99. The minimum atomic E-state index is -1.82. The Labute approximate surface area is 161 Å². The second-order valence-electron chi connectivity index (χ2n) is 4.99. The van der Waals surface area contributed by atoms with Gasteiger partial charge in [0.25, 0.3) is 0 Å². The number of para-hydroxylation sites is 1. The van der Waals surface area contributed by atoms with Crippen LogP contribution in [0.3, 0.4) is 0 Å². The van der Waals surface area contributed by atoms with Crippen molar-refractivity contribution in [2.45, 2.75) is 9.79 Å². The lowest BCUT2D eigenvalue weighted by Gasteiger charge is -2.11. The van der Waals surface area contributed by atoms with Crippen LogP contribution >= 0.6 is 11.8 Å². The molecular formula is C19H20N2O5S. The Morgan fingerprint density at radius 1 is 0.963 bits per heavy atom. The van der Waals surface area contributed by atoms with Crippen molar-refractivity contribution in [2.75, 3.05) is 18.4 Å². The van der Waals surface area contributed by atoms with Crippen LogP contribution in [0.15, 0.2) is 77.0 Å². The Balaban J connectivity index is 0.000000527. The molecule has 0 atom stereocenters. The van der Waals surface area contributed by atoms with E-state index in [1.54, 1.807) is 17.8 Å². The first kappa shape index (κ1) is 21.9. The Morgan fingerprint density at radius 2 is 1.56 bits per heavy atom. The predicted octanol–water partition coefficient (Wildman–Crippen LogP) is 2.71. The van der Waals surface area contributed by atoms with Gasteiger partial charge in [-0.1, -0.05) is 48.2 Å². The van der Waals surface area contributed by atoms with Gasteiger partial charge in [0, 0.05) is 16.3 Å². The molecule has 0 saturated carbocycles. The molecular weight excluding hydrogens is 368 g/mol. The molecule has 4 N–H and O–H groups in total. The molecule has 0 aliphatic rings. The third-order valence-electron chi connectivity index (χ3n) is 2.89. The molecule has 0 unspecified atom stereocenters. The van der Waals surface area contributed by atoms with Crippen LogP contribution in [0.5, 0.6) is 0 Å². The van der Waals surface area contributed by atoms with Gasteiger partial charge in [-0.25, -0.2) is 9.59 Å². The molecule has 0 heterocycles. The maximum absolute atomic E-state index is 11.9. The van der Waals surface area contributed by atoms with E-state index < -0.39 is 11.9 Å². The first-order chi connectivity index (χ1) is 12.9. The van der Waals surface area contributed by atoms with Gasteiger partial charge in [0.05, 0.1) is 12.2 Å². The quantitative estimate of drug-likeness (QED) is 0.327. The molecule has 142 valence electrons.